The van der Waals surface area contributed by atoms with E-state index in [-0.39, 0.29) is 12.6 Å². The predicted molar refractivity (Wildman–Crippen MR) is 74.0 cm³/mol. The van der Waals surface area contributed by atoms with Crippen molar-refractivity contribution in [3.8, 4) is 0 Å². The first-order valence-corrected chi connectivity index (χ1v) is 6.27. The van der Waals surface area contributed by atoms with Gasteiger partial charge in [0.2, 0.25) is 0 Å². The average molecular weight is 292 g/mol. The van der Waals surface area contributed by atoms with Crippen molar-refractivity contribution in [1.29, 1.82) is 0 Å². The largest absolute Gasteiger partial charge is 0.394 e. The third-order valence-corrected chi connectivity index (χ3v) is 3.28. The summed E-state index contributed by atoms with van der Waals surface area (Å²) in [6.07, 6.45) is 0. The van der Waals surface area contributed by atoms with E-state index in [1.807, 2.05) is 54.6 Å². The molecule has 2 N–H and O–H groups in total. The zero-order chi connectivity index (χ0) is 12.1. The van der Waals surface area contributed by atoms with Crippen molar-refractivity contribution in [2.24, 2.45) is 0 Å². The van der Waals surface area contributed by atoms with Crippen molar-refractivity contribution in [1.82, 2.24) is 0 Å². The summed E-state index contributed by atoms with van der Waals surface area (Å²) in [5, 5.41) is 12.8. The van der Waals surface area contributed by atoms with Gasteiger partial charge < -0.3 is 10.4 Å². The van der Waals surface area contributed by atoms with Crippen molar-refractivity contribution < 1.29 is 5.11 Å². The molecule has 88 valence electrons. The minimum atomic E-state index is -0.0881. The van der Waals surface area contributed by atoms with Crippen molar-refractivity contribution in [3.05, 3.63) is 64.6 Å². The van der Waals surface area contributed by atoms with Gasteiger partial charge in [0.25, 0.3) is 0 Å². The van der Waals surface area contributed by atoms with Crippen LogP contribution in [0.5, 0.6) is 0 Å². The molecule has 2 nitrogen and oxygen atoms in total. The molecule has 17 heavy (non-hydrogen) atoms. The van der Waals surface area contributed by atoms with Crippen LogP contribution in [0.15, 0.2) is 59.1 Å². The SMILES string of the molecule is OC[C@H](Nc1ccccc1Br)c1ccccc1. The number of hydrogen-bond acceptors (Lipinski definition) is 2. The molecule has 0 radical (unpaired) electrons. The Kier molecular flexibility index (Phi) is 4.18. The summed E-state index contributed by atoms with van der Waals surface area (Å²) in [5.41, 5.74) is 2.06. The monoisotopic (exact) mass is 291 g/mol. The molecule has 0 aliphatic heterocycles. The number of para-hydroxylation sites is 1. The Hall–Kier alpha value is -1.32. The molecule has 0 spiro atoms. The second-order valence-electron chi connectivity index (χ2n) is 3.77. The Morgan fingerprint density at radius 3 is 2.29 bits per heavy atom. The van der Waals surface area contributed by atoms with Crippen molar-refractivity contribution in [2.75, 3.05) is 11.9 Å². The maximum atomic E-state index is 9.45. The highest BCUT2D eigenvalue weighted by atomic mass is 79.9. The number of aliphatic hydroxyl groups is 1. The highest BCUT2D eigenvalue weighted by molar-refractivity contribution is 9.10. The molecule has 0 amide bonds. The molecule has 2 aromatic rings. The van der Waals surface area contributed by atoms with Crippen LogP contribution < -0.4 is 5.32 Å². The molecule has 0 heterocycles. The maximum absolute atomic E-state index is 9.45. The first-order chi connectivity index (χ1) is 8.31. The number of anilines is 1. The zero-order valence-corrected chi connectivity index (χ0v) is 10.9. The molecule has 1 atom stereocenters. The summed E-state index contributed by atoms with van der Waals surface area (Å²) in [7, 11) is 0. The average Bonchev–Trinajstić information content (AvgIpc) is 2.39. The quantitative estimate of drug-likeness (QED) is 0.902. The van der Waals surface area contributed by atoms with Gasteiger partial charge in [-0.15, -0.1) is 0 Å². The van der Waals surface area contributed by atoms with Gasteiger partial charge in [0.15, 0.2) is 0 Å². The van der Waals surface area contributed by atoms with E-state index >= 15 is 0 Å². The standard InChI is InChI=1S/C14H14BrNO/c15-12-8-4-5-9-13(12)16-14(10-17)11-6-2-1-3-7-11/h1-9,14,16-17H,10H2/t14-/m0/s1. The Labute approximate surface area is 109 Å². The number of halogens is 1. The van der Waals surface area contributed by atoms with E-state index < -0.39 is 0 Å². The predicted octanol–water partition coefficient (Wildman–Crippen LogP) is 3.59. The number of aliphatic hydroxyl groups excluding tert-OH is 1. The van der Waals surface area contributed by atoms with Gasteiger partial charge >= 0.3 is 0 Å². The summed E-state index contributed by atoms with van der Waals surface area (Å²) in [6, 6.07) is 17.7. The first-order valence-electron chi connectivity index (χ1n) is 5.48. The molecule has 3 heteroatoms. The second kappa shape index (κ2) is 5.84. The highest BCUT2D eigenvalue weighted by Crippen LogP contribution is 2.26. The van der Waals surface area contributed by atoms with Crippen LogP contribution in [-0.2, 0) is 0 Å². The lowest BCUT2D eigenvalue weighted by atomic mass is 10.1. The number of hydrogen-bond donors (Lipinski definition) is 2. The minimum Gasteiger partial charge on any atom is -0.394 e. The molecule has 0 saturated heterocycles. The van der Waals surface area contributed by atoms with Crippen LogP contribution in [0.2, 0.25) is 0 Å². The summed E-state index contributed by atoms with van der Waals surface area (Å²) < 4.78 is 0.995. The molecule has 2 rings (SSSR count). The van der Waals surface area contributed by atoms with Gasteiger partial charge in [0, 0.05) is 10.2 Å². The fraction of sp³-hybridized carbons (Fsp3) is 0.143. The van der Waals surface area contributed by atoms with E-state index in [4.69, 9.17) is 0 Å². The fourth-order valence-corrected chi connectivity index (χ4v) is 2.08. The summed E-state index contributed by atoms with van der Waals surface area (Å²) in [4.78, 5) is 0. The summed E-state index contributed by atoms with van der Waals surface area (Å²) >= 11 is 3.48. The van der Waals surface area contributed by atoms with Crippen LogP contribution in [0.25, 0.3) is 0 Å². The number of benzene rings is 2. The fourth-order valence-electron chi connectivity index (χ4n) is 1.69. The summed E-state index contributed by atoms with van der Waals surface area (Å²) in [6.45, 7) is 0.0609. The highest BCUT2D eigenvalue weighted by Gasteiger charge is 2.10. The molecular formula is C14H14BrNO. The Morgan fingerprint density at radius 2 is 1.65 bits per heavy atom. The van der Waals surface area contributed by atoms with Crippen molar-refractivity contribution in [3.63, 3.8) is 0 Å². The normalized spacial score (nSPS) is 12.1. The van der Waals surface area contributed by atoms with Crippen LogP contribution in [0, 0.1) is 0 Å². The molecule has 0 aliphatic carbocycles. The molecule has 0 aliphatic rings. The van der Waals surface area contributed by atoms with E-state index in [1.165, 1.54) is 0 Å². The lowest BCUT2D eigenvalue weighted by Crippen LogP contribution is -2.14. The number of nitrogens with one attached hydrogen (secondary N) is 1. The van der Waals surface area contributed by atoms with Crippen LogP contribution in [0.1, 0.15) is 11.6 Å². The third-order valence-electron chi connectivity index (χ3n) is 2.59. The maximum Gasteiger partial charge on any atom is 0.0745 e. The molecule has 0 bridgehead atoms. The van der Waals surface area contributed by atoms with Crippen molar-refractivity contribution >= 4 is 21.6 Å². The van der Waals surface area contributed by atoms with Gasteiger partial charge in [0.05, 0.1) is 12.6 Å². The smallest absolute Gasteiger partial charge is 0.0745 e. The van der Waals surface area contributed by atoms with Crippen LogP contribution >= 0.6 is 15.9 Å². The molecule has 0 unspecified atom stereocenters. The van der Waals surface area contributed by atoms with Crippen molar-refractivity contribution in [2.45, 2.75) is 6.04 Å². The first kappa shape index (κ1) is 12.1. The second-order valence-corrected chi connectivity index (χ2v) is 4.62. The van der Waals surface area contributed by atoms with E-state index in [2.05, 4.69) is 21.2 Å². The summed E-state index contributed by atoms with van der Waals surface area (Å²) in [5.74, 6) is 0. The van der Waals surface area contributed by atoms with Crippen LogP contribution in [0.4, 0.5) is 5.69 Å². The van der Waals surface area contributed by atoms with Crippen LogP contribution in [0.3, 0.4) is 0 Å². The lowest BCUT2D eigenvalue weighted by Gasteiger charge is -2.18. The van der Waals surface area contributed by atoms with E-state index in [9.17, 15) is 5.11 Å². The zero-order valence-electron chi connectivity index (χ0n) is 9.31. The topological polar surface area (TPSA) is 32.3 Å². The minimum absolute atomic E-state index is 0.0609. The third kappa shape index (κ3) is 3.08. The Bertz CT molecular complexity index is 473. The van der Waals surface area contributed by atoms with Gasteiger partial charge in [-0.25, -0.2) is 0 Å². The van der Waals surface area contributed by atoms with E-state index in [1.54, 1.807) is 0 Å². The van der Waals surface area contributed by atoms with Gasteiger partial charge in [-0.3, -0.25) is 0 Å². The molecule has 2 aromatic carbocycles. The molecular weight excluding hydrogens is 278 g/mol. The van der Waals surface area contributed by atoms with Gasteiger partial charge in [-0.1, -0.05) is 42.5 Å². The van der Waals surface area contributed by atoms with Crippen LogP contribution in [-0.4, -0.2) is 11.7 Å². The van der Waals surface area contributed by atoms with E-state index in [0.717, 1.165) is 15.7 Å². The molecule has 0 aromatic heterocycles. The molecule has 0 fully saturated rings. The van der Waals surface area contributed by atoms with Gasteiger partial charge in [0.1, 0.15) is 0 Å². The number of rotatable bonds is 4. The van der Waals surface area contributed by atoms with E-state index in [0.29, 0.717) is 0 Å². The Morgan fingerprint density at radius 1 is 1.00 bits per heavy atom. The Balaban J connectivity index is 2.19. The lowest BCUT2D eigenvalue weighted by molar-refractivity contribution is 0.276. The molecule has 0 saturated carbocycles. The van der Waals surface area contributed by atoms with Gasteiger partial charge in [-0.05, 0) is 33.6 Å². The van der Waals surface area contributed by atoms with Gasteiger partial charge in [-0.2, -0.15) is 0 Å².